The van der Waals surface area contributed by atoms with Gasteiger partial charge in [0, 0.05) is 69.7 Å². The summed E-state index contributed by atoms with van der Waals surface area (Å²) in [5.41, 5.74) is 14.3. The van der Waals surface area contributed by atoms with Crippen molar-refractivity contribution in [1.29, 1.82) is 0 Å². The number of amides is 10. The van der Waals surface area contributed by atoms with E-state index in [1.165, 1.54) is 95.2 Å². The summed E-state index contributed by atoms with van der Waals surface area (Å²) in [7, 11) is 5.48. The van der Waals surface area contributed by atoms with Crippen LogP contribution in [0.4, 0.5) is 13.2 Å². The summed E-state index contributed by atoms with van der Waals surface area (Å²) < 4.78 is 43.9. The van der Waals surface area contributed by atoms with Crippen molar-refractivity contribution < 1.29 is 81.2 Å². The normalized spacial score (nSPS) is 14.5. The minimum absolute atomic E-state index is 0.0124. The second-order valence-corrected chi connectivity index (χ2v) is 27.1. The third kappa shape index (κ3) is 23.6. The predicted molar refractivity (Wildman–Crippen MR) is 383 cm³/mol. The molecule has 104 heavy (non-hydrogen) atoms. The molecule has 6 rings (SSSR count). The standard InChI is InChI=1S/C73H92F3N13O14S/c1-40(2)27-56(83-68(98)57(31-46-21-25-50(92)26-22-46)84-69(99)58(34-48-35-79-55-18-14-13-17-51(48)55)82-65(95)42(4)87(7)71(101)54(77)30-45-19-23-49(91)24-20-45)67(97)85-60(66(96)80-36-62(78)93)38-104-39-63(94)81-59(32-47-28-52(74)64(76)53(75)29-47)72(102)89(9)61(33-44-15-11-10-12-16-44)73(103)88(8)43(5)70(100)86(6)41(3)37-90/h10-26,28-29,35,37,40-43,54,56-61,70,79,91-92,100H,27,30-34,36,38-39,77H2,1-9H3,(H2,78,93)(H,80,96)(H,81,94)(H,82,95)(H,83,98)(H,84,99)(H,85,97)/t41-,42-,43+,54+,56+,57+,58+,59+,60+,61+,70?/m1/s1. The van der Waals surface area contributed by atoms with Crippen LogP contribution in [0.2, 0.25) is 0 Å². The van der Waals surface area contributed by atoms with Crippen LogP contribution >= 0.6 is 11.8 Å². The summed E-state index contributed by atoms with van der Waals surface area (Å²) in [4.78, 5) is 162. The molecule has 1 heterocycles. The summed E-state index contributed by atoms with van der Waals surface area (Å²) in [5, 5.41) is 47.5. The maximum atomic E-state index is 14.9. The maximum absolute atomic E-state index is 14.9. The van der Waals surface area contributed by atoms with Gasteiger partial charge in [-0.3, -0.25) is 52.8 Å². The van der Waals surface area contributed by atoms with E-state index < -0.39 is 168 Å². The van der Waals surface area contributed by atoms with E-state index in [4.69, 9.17) is 11.5 Å². The summed E-state index contributed by atoms with van der Waals surface area (Å²) in [5.74, 6) is -15.3. The average molecular weight is 1460 g/mol. The number of aliphatic hydroxyl groups is 1. The van der Waals surface area contributed by atoms with E-state index >= 15 is 0 Å². The zero-order chi connectivity index (χ0) is 76.8. The molecule has 0 aliphatic carbocycles. The van der Waals surface area contributed by atoms with Crippen LogP contribution in [0.3, 0.4) is 0 Å². The van der Waals surface area contributed by atoms with Crippen LogP contribution in [0.25, 0.3) is 10.9 Å². The number of carbonyl (C=O) groups excluding carboxylic acids is 11. The van der Waals surface area contributed by atoms with Crippen molar-refractivity contribution in [1.82, 2.24) is 56.5 Å². The van der Waals surface area contributed by atoms with E-state index in [1.54, 1.807) is 86.8 Å². The lowest BCUT2D eigenvalue weighted by atomic mass is 9.99. The molecule has 560 valence electrons. The summed E-state index contributed by atoms with van der Waals surface area (Å²) in [6, 6.07) is 15.4. The number of nitrogens with one attached hydrogen (secondary N) is 7. The predicted octanol–water partition coefficient (Wildman–Crippen LogP) is 2.00. The van der Waals surface area contributed by atoms with Gasteiger partial charge in [-0.25, -0.2) is 13.2 Å². The molecule has 6 aromatic rings. The minimum Gasteiger partial charge on any atom is -0.508 e. The molecular formula is C73H92F3N13O14S. The number of aromatic hydroxyl groups is 2. The largest absolute Gasteiger partial charge is 0.508 e. The Balaban J connectivity index is 1.25. The van der Waals surface area contributed by atoms with Crippen molar-refractivity contribution in [3.63, 3.8) is 0 Å². The number of rotatable bonds is 38. The number of aliphatic hydroxyl groups excluding tert-OH is 1. The smallest absolute Gasteiger partial charge is 0.245 e. The Morgan fingerprint density at radius 3 is 1.67 bits per heavy atom. The van der Waals surface area contributed by atoms with E-state index in [0.717, 1.165) is 21.6 Å². The van der Waals surface area contributed by atoms with Crippen molar-refractivity contribution in [2.75, 3.05) is 46.2 Å². The Morgan fingerprint density at radius 1 is 0.567 bits per heavy atom. The molecule has 14 N–H and O–H groups in total. The topological polar surface area (TPSA) is 401 Å². The Labute approximate surface area is 604 Å². The second kappa shape index (κ2) is 38.8. The second-order valence-electron chi connectivity index (χ2n) is 26.1. The van der Waals surface area contributed by atoms with Crippen molar-refractivity contribution in [3.8, 4) is 11.5 Å². The molecule has 10 amide bonds. The fraction of sp³-hybridized carbons (Fsp3) is 0.411. The van der Waals surface area contributed by atoms with Crippen molar-refractivity contribution in [3.05, 3.63) is 167 Å². The van der Waals surface area contributed by atoms with Gasteiger partial charge in [0.25, 0.3) is 0 Å². The van der Waals surface area contributed by atoms with Crippen molar-refractivity contribution in [2.24, 2.45) is 17.4 Å². The highest BCUT2D eigenvalue weighted by Gasteiger charge is 2.39. The number of para-hydroxylation sites is 1. The van der Waals surface area contributed by atoms with Crippen LogP contribution in [-0.2, 0) is 84.8 Å². The molecule has 0 aliphatic rings. The Bertz CT molecular complexity index is 3970. The van der Waals surface area contributed by atoms with Crippen LogP contribution < -0.4 is 43.4 Å². The highest BCUT2D eigenvalue weighted by atomic mass is 32.2. The van der Waals surface area contributed by atoms with Gasteiger partial charge in [-0.2, -0.15) is 0 Å². The minimum atomic E-state index is -1.81. The number of hydrogen-bond acceptors (Lipinski definition) is 17. The van der Waals surface area contributed by atoms with Crippen LogP contribution in [0.5, 0.6) is 11.5 Å². The number of fused-ring (bicyclic) bond motifs is 1. The molecule has 0 aliphatic heterocycles. The molecule has 0 radical (unpaired) electrons. The molecule has 0 saturated carbocycles. The molecule has 0 fully saturated rings. The first-order valence-corrected chi connectivity index (χ1v) is 34.7. The number of phenols is 2. The number of primary amides is 1. The van der Waals surface area contributed by atoms with E-state index in [0.29, 0.717) is 51.6 Å². The van der Waals surface area contributed by atoms with Crippen molar-refractivity contribution >= 4 is 88.0 Å². The molecule has 11 atom stereocenters. The van der Waals surface area contributed by atoms with E-state index in [1.807, 2.05) is 0 Å². The fourth-order valence-corrected chi connectivity index (χ4v) is 12.2. The number of hydrogen-bond donors (Lipinski definition) is 12. The number of thioether (sulfide) groups is 1. The van der Waals surface area contributed by atoms with Crippen LogP contribution in [-0.4, -0.2) is 218 Å². The monoisotopic (exact) mass is 1460 g/mol. The number of halogens is 3. The quantitative estimate of drug-likeness (QED) is 0.0150. The number of phenolic OH excluding ortho intramolecular Hbond substituents is 2. The van der Waals surface area contributed by atoms with Crippen LogP contribution in [0, 0.1) is 23.4 Å². The number of aromatic amines is 1. The third-order valence-electron chi connectivity index (χ3n) is 17.8. The van der Waals surface area contributed by atoms with Crippen LogP contribution in [0.1, 0.15) is 68.9 Å². The number of nitrogens with zero attached hydrogens (tertiary/aromatic N) is 4. The first-order valence-electron chi connectivity index (χ1n) is 33.5. The first-order chi connectivity index (χ1) is 49.2. The van der Waals surface area contributed by atoms with Crippen molar-refractivity contribution in [2.45, 2.75) is 140 Å². The van der Waals surface area contributed by atoms with Gasteiger partial charge in [-0.1, -0.05) is 86.6 Å². The summed E-state index contributed by atoms with van der Waals surface area (Å²) >= 11 is 0.721. The van der Waals surface area contributed by atoms with Gasteiger partial charge < -0.3 is 83.2 Å². The molecule has 27 nitrogen and oxygen atoms in total. The van der Waals surface area contributed by atoms with Gasteiger partial charge in [-0.05, 0) is 117 Å². The van der Waals surface area contributed by atoms with E-state index in [-0.39, 0.29) is 55.1 Å². The zero-order valence-corrected chi connectivity index (χ0v) is 60.1. The van der Waals surface area contributed by atoms with E-state index in [9.17, 15) is 81.2 Å². The fourth-order valence-electron chi connectivity index (χ4n) is 11.3. The number of likely N-dealkylation sites (N-methyl/N-ethyl adjacent to an activating group) is 4. The lowest BCUT2D eigenvalue weighted by molar-refractivity contribution is -0.150. The van der Waals surface area contributed by atoms with Gasteiger partial charge in [0.2, 0.25) is 59.1 Å². The molecule has 0 saturated heterocycles. The molecule has 5 aromatic carbocycles. The lowest BCUT2D eigenvalue weighted by Crippen LogP contribution is -2.60. The third-order valence-corrected chi connectivity index (χ3v) is 18.9. The number of H-pyrrole nitrogens is 1. The Morgan fingerprint density at radius 2 is 1.09 bits per heavy atom. The molecule has 31 heteroatoms. The number of benzene rings is 5. The van der Waals surface area contributed by atoms with Gasteiger partial charge in [0.15, 0.2) is 17.5 Å². The van der Waals surface area contributed by atoms with Gasteiger partial charge in [-0.15, -0.1) is 11.8 Å². The number of aldehydes is 1. The van der Waals surface area contributed by atoms with E-state index in [2.05, 4.69) is 36.9 Å². The number of carbonyl (C=O) groups is 11. The number of aromatic nitrogens is 1. The highest BCUT2D eigenvalue weighted by Crippen LogP contribution is 2.23. The molecule has 0 bridgehead atoms. The lowest BCUT2D eigenvalue weighted by Gasteiger charge is -2.39. The zero-order valence-electron chi connectivity index (χ0n) is 59.2. The summed E-state index contributed by atoms with van der Waals surface area (Å²) in [6.07, 6.45) is -0.369. The summed E-state index contributed by atoms with van der Waals surface area (Å²) in [6.45, 7) is 7.23. The SMILES string of the molecule is CC(C)C[C@H](NC(=O)[C@H](Cc1ccc(O)cc1)NC(=O)[C@H](Cc1c[nH]c2ccccc12)NC(=O)[C@@H](C)N(C)C(=O)[C@@H](N)Cc1ccc(O)cc1)C(=O)N[C@@H](CSCC(=O)N[C@@H](Cc1cc(F)c(F)c(F)c1)C(=O)N(C)[C@@H](Cc1ccccc1)C(=O)N(C)[C@@H](C)C(O)N(C)[C@H](C)C=O)C(=O)NCC(N)=O. The first kappa shape index (κ1) is 82.6. The molecular weight excluding hydrogens is 1370 g/mol. The highest BCUT2D eigenvalue weighted by molar-refractivity contribution is 8.00. The van der Waals surface area contributed by atoms with Gasteiger partial charge in [0.05, 0.1) is 30.4 Å². The molecule has 0 spiro atoms. The molecule has 1 aromatic heterocycles. The number of nitrogens with two attached hydrogens (primary N) is 2. The maximum Gasteiger partial charge on any atom is 0.245 e. The van der Waals surface area contributed by atoms with Gasteiger partial charge >= 0.3 is 0 Å². The van der Waals surface area contributed by atoms with Gasteiger partial charge in [0.1, 0.15) is 66.3 Å². The molecule has 1 unspecified atom stereocenters. The Hall–Kier alpha value is -10.4. The average Bonchev–Trinajstić information content (AvgIpc) is 1.38. The Kier molecular flexibility index (Phi) is 30.8. The van der Waals surface area contributed by atoms with Crippen LogP contribution in [0.15, 0.2) is 121 Å².